The minimum atomic E-state index is -0.944. The molecule has 0 N–H and O–H groups in total. The lowest BCUT2D eigenvalue weighted by atomic mass is 9.90. The monoisotopic (exact) mass is 524 g/mol. The third-order valence-electron chi connectivity index (χ3n) is 7.00. The van der Waals surface area contributed by atoms with Crippen molar-refractivity contribution in [1.29, 1.82) is 0 Å². The summed E-state index contributed by atoms with van der Waals surface area (Å²) in [4.78, 5) is 0. The number of aryl methyl sites for hydroxylation is 1. The molecule has 0 fully saturated rings. The van der Waals surface area contributed by atoms with E-state index < -0.39 is 5.97 Å². The highest BCUT2D eigenvalue weighted by atomic mass is 35.5. The van der Waals surface area contributed by atoms with Crippen molar-refractivity contribution in [3.8, 4) is 0 Å². The summed E-state index contributed by atoms with van der Waals surface area (Å²) in [7, 11) is 0. The Balaban J connectivity index is 3.11. The Morgan fingerprint density at radius 3 is 1.75 bits per heavy atom. The lowest BCUT2D eigenvalue weighted by molar-refractivity contribution is -0.407. The average Bonchev–Trinajstić information content (AvgIpc) is 2.88. The molecule has 0 spiro atoms. The van der Waals surface area contributed by atoms with Crippen LogP contribution in [0.1, 0.15) is 141 Å². The van der Waals surface area contributed by atoms with E-state index in [2.05, 4.69) is 52.0 Å². The normalized spacial score (nSPS) is 13.7. The molecule has 0 aliphatic rings. The second-order valence-electron chi connectivity index (χ2n) is 10.4. The molecule has 0 saturated carbocycles. The molecular weight excluding hydrogens is 468 g/mol. The Labute approximate surface area is 229 Å². The number of hydrogen-bond acceptors (Lipinski definition) is 3. The van der Waals surface area contributed by atoms with Gasteiger partial charge in [0.05, 0.1) is 25.2 Å². The minimum Gasteiger partial charge on any atom is -0.327 e. The zero-order valence-corrected chi connectivity index (χ0v) is 25.1. The molecule has 1 aromatic rings. The van der Waals surface area contributed by atoms with Crippen LogP contribution in [0.25, 0.3) is 0 Å². The van der Waals surface area contributed by atoms with E-state index in [1.165, 1.54) is 49.7 Å². The van der Waals surface area contributed by atoms with Gasteiger partial charge in [0.1, 0.15) is 0 Å². The van der Waals surface area contributed by atoms with E-state index in [1.54, 1.807) is 0 Å². The largest absolute Gasteiger partial charge is 0.327 e. The summed E-state index contributed by atoms with van der Waals surface area (Å²) in [6.45, 7) is 13.0. The van der Waals surface area contributed by atoms with Gasteiger partial charge in [-0.1, -0.05) is 110 Å². The Kier molecular flexibility index (Phi) is 19.8. The maximum atomic E-state index is 6.61. The van der Waals surface area contributed by atoms with E-state index in [4.69, 9.17) is 25.8 Å². The van der Waals surface area contributed by atoms with Crippen LogP contribution in [0.5, 0.6) is 0 Å². The van der Waals surface area contributed by atoms with Crippen molar-refractivity contribution >= 4 is 11.6 Å². The van der Waals surface area contributed by atoms with Crippen molar-refractivity contribution in [2.24, 2.45) is 5.92 Å². The van der Waals surface area contributed by atoms with Crippen LogP contribution < -0.4 is 0 Å². The topological polar surface area (TPSA) is 27.7 Å². The van der Waals surface area contributed by atoms with Crippen LogP contribution in [-0.2, 0) is 20.6 Å². The van der Waals surface area contributed by atoms with Crippen molar-refractivity contribution in [3.63, 3.8) is 0 Å². The lowest BCUT2D eigenvalue weighted by Gasteiger charge is -2.40. The van der Waals surface area contributed by atoms with Crippen molar-refractivity contribution in [2.45, 2.75) is 142 Å². The number of ether oxygens (including phenoxy) is 3. The second-order valence-corrected chi connectivity index (χ2v) is 11.0. The number of halogens is 1. The molecule has 3 nitrogen and oxygen atoms in total. The first-order chi connectivity index (χ1) is 17.5. The predicted molar refractivity (Wildman–Crippen MR) is 156 cm³/mol. The fourth-order valence-electron chi connectivity index (χ4n) is 4.56. The summed E-state index contributed by atoms with van der Waals surface area (Å²) in [5, 5.41) is 0.0232. The van der Waals surface area contributed by atoms with Gasteiger partial charge in [-0.25, -0.2) is 0 Å². The van der Waals surface area contributed by atoms with E-state index >= 15 is 0 Å². The van der Waals surface area contributed by atoms with E-state index in [-0.39, 0.29) is 11.3 Å². The Morgan fingerprint density at radius 1 is 0.694 bits per heavy atom. The van der Waals surface area contributed by atoms with Crippen molar-refractivity contribution in [1.82, 2.24) is 0 Å². The van der Waals surface area contributed by atoms with Gasteiger partial charge in [0.2, 0.25) is 0 Å². The molecule has 0 aliphatic heterocycles. The maximum Gasteiger partial charge on any atom is 0.285 e. The molecule has 0 amide bonds. The zero-order chi connectivity index (χ0) is 26.5. The van der Waals surface area contributed by atoms with E-state index in [0.29, 0.717) is 19.8 Å². The standard InChI is InChI=1S/C32H57ClO3/c1-6-10-14-15-16-17-21-31(23-22-29-19-18-20-30(27-29)28(5)33)32(34-24-11-7-2,35-25-12-8-3)36-26-13-9-4/h18-20,27-28,31H,6-17,21-26H2,1-5H3. The molecule has 2 atom stereocenters. The molecule has 1 rings (SSSR count). The second kappa shape index (κ2) is 21.3. The number of benzene rings is 1. The van der Waals surface area contributed by atoms with Crippen molar-refractivity contribution in [3.05, 3.63) is 35.4 Å². The molecular formula is C32H57ClO3. The quantitative estimate of drug-likeness (QED) is 0.0764. The Bertz CT molecular complexity index is 607. The first-order valence-electron chi connectivity index (χ1n) is 15.2. The molecule has 0 aromatic heterocycles. The summed E-state index contributed by atoms with van der Waals surface area (Å²) >= 11 is 6.38. The molecule has 36 heavy (non-hydrogen) atoms. The van der Waals surface area contributed by atoms with Crippen LogP contribution >= 0.6 is 11.6 Å². The lowest BCUT2D eigenvalue weighted by Crippen LogP contribution is -2.47. The van der Waals surface area contributed by atoms with Gasteiger partial charge in [0, 0.05) is 5.92 Å². The molecule has 4 heteroatoms. The number of unbranched alkanes of at least 4 members (excludes halogenated alkanes) is 8. The van der Waals surface area contributed by atoms with Gasteiger partial charge in [0.15, 0.2) is 0 Å². The van der Waals surface area contributed by atoms with E-state index in [1.807, 2.05) is 6.92 Å². The first kappa shape index (κ1) is 33.4. The van der Waals surface area contributed by atoms with Gasteiger partial charge < -0.3 is 14.2 Å². The van der Waals surface area contributed by atoms with Crippen molar-refractivity contribution < 1.29 is 14.2 Å². The molecule has 0 saturated heterocycles. The number of hydrogen-bond donors (Lipinski definition) is 0. The molecule has 210 valence electrons. The summed E-state index contributed by atoms with van der Waals surface area (Å²) in [6, 6.07) is 8.73. The Morgan fingerprint density at radius 2 is 1.22 bits per heavy atom. The maximum absolute atomic E-state index is 6.61. The van der Waals surface area contributed by atoms with Gasteiger partial charge in [-0.05, 0) is 56.6 Å². The van der Waals surface area contributed by atoms with Gasteiger partial charge in [0.25, 0.3) is 5.97 Å². The first-order valence-corrected chi connectivity index (χ1v) is 15.6. The van der Waals surface area contributed by atoms with Crippen LogP contribution in [0, 0.1) is 5.92 Å². The highest BCUT2D eigenvalue weighted by Gasteiger charge is 2.42. The highest BCUT2D eigenvalue weighted by molar-refractivity contribution is 6.20. The smallest absolute Gasteiger partial charge is 0.285 e. The van der Waals surface area contributed by atoms with Gasteiger partial charge in [-0.3, -0.25) is 0 Å². The summed E-state index contributed by atoms with van der Waals surface area (Å²) < 4.78 is 19.8. The van der Waals surface area contributed by atoms with Crippen molar-refractivity contribution in [2.75, 3.05) is 19.8 Å². The fraction of sp³-hybridized carbons (Fsp3) is 0.812. The van der Waals surface area contributed by atoms with Crippen LogP contribution in [-0.4, -0.2) is 25.8 Å². The van der Waals surface area contributed by atoms with Crippen LogP contribution in [0.15, 0.2) is 24.3 Å². The summed E-state index contributed by atoms with van der Waals surface area (Å²) in [5.41, 5.74) is 2.52. The summed E-state index contributed by atoms with van der Waals surface area (Å²) in [5.74, 6) is -0.744. The number of rotatable bonds is 24. The summed E-state index contributed by atoms with van der Waals surface area (Å²) in [6.07, 6.45) is 17.1. The van der Waals surface area contributed by atoms with E-state index in [9.17, 15) is 0 Å². The zero-order valence-electron chi connectivity index (χ0n) is 24.3. The highest BCUT2D eigenvalue weighted by Crippen LogP contribution is 2.35. The third-order valence-corrected chi connectivity index (χ3v) is 7.25. The van der Waals surface area contributed by atoms with Gasteiger partial charge in [-0.2, -0.15) is 0 Å². The average molecular weight is 525 g/mol. The molecule has 0 heterocycles. The fourth-order valence-corrected chi connectivity index (χ4v) is 4.70. The Hall–Kier alpha value is -0.610. The molecule has 0 bridgehead atoms. The van der Waals surface area contributed by atoms with Crippen LogP contribution in [0.2, 0.25) is 0 Å². The van der Waals surface area contributed by atoms with Crippen LogP contribution in [0.3, 0.4) is 0 Å². The molecule has 0 radical (unpaired) electrons. The SMILES string of the molecule is CCCCCCCCC(CCc1cccc(C(C)Cl)c1)C(OCCCC)(OCCCC)OCCCC. The molecule has 0 aliphatic carbocycles. The molecule has 1 aromatic carbocycles. The third kappa shape index (κ3) is 13.8. The van der Waals surface area contributed by atoms with Crippen LogP contribution in [0.4, 0.5) is 0 Å². The van der Waals surface area contributed by atoms with Gasteiger partial charge >= 0.3 is 0 Å². The number of alkyl halides is 1. The minimum absolute atomic E-state index is 0.0232. The van der Waals surface area contributed by atoms with Gasteiger partial charge in [-0.15, -0.1) is 11.6 Å². The molecule has 2 unspecified atom stereocenters. The van der Waals surface area contributed by atoms with E-state index in [0.717, 1.165) is 57.8 Å². The predicted octanol–water partition coefficient (Wildman–Crippen LogP) is 10.4.